The van der Waals surface area contributed by atoms with Crippen LogP contribution in [-0.2, 0) is 27.3 Å². The molecule has 11 nitrogen and oxygen atoms in total. The molecule has 3 aromatic carbocycles. The largest absolute Gasteiger partial charge is 0.496 e. The number of benzene rings is 3. The van der Waals surface area contributed by atoms with Gasteiger partial charge in [-0.05, 0) is 86.4 Å². The van der Waals surface area contributed by atoms with Gasteiger partial charge < -0.3 is 34.8 Å². The minimum atomic E-state index is -0.908. The normalized spacial score (nSPS) is 26.6. The van der Waals surface area contributed by atoms with Gasteiger partial charge in [0.2, 0.25) is 5.91 Å². The van der Waals surface area contributed by atoms with Crippen molar-refractivity contribution in [3.8, 4) is 16.9 Å². The molecule has 2 bridgehead atoms. The highest BCUT2D eigenvalue weighted by molar-refractivity contribution is 5.93. The summed E-state index contributed by atoms with van der Waals surface area (Å²) in [5.41, 5.74) is 4.85. The molecule has 3 aromatic rings. The molecule has 1 saturated heterocycles. The Morgan fingerprint density at radius 1 is 1.04 bits per heavy atom. The van der Waals surface area contributed by atoms with Crippen molar-refractivity contribution in [3.63, 3.8) is 0 Å². The Kier molecular flexibility index (Phi) is 12.8. The lowest BCUT2D eigenvalue weighted by Crippen LogP contribution is -2.62. The van der Waals surface area contributed by atoms with Gasteiger partial charge in [0.15, 0.2) is 0 Å². The fourth-order valence-electron chi connectivity index (χ4n) is 9.62. The summed E-state index contributed by atoms with van der Waals surface area (Å²) >= 11 is 0. The minimum Gasteiger partial charge on any atom is -0.496 e. The topological polar surface area (TPSA) is 124 Å². The fraction of sp³-hybridized carbons (Fsp3) is 0.556. The molecule has 304 valence electrons. The Labute approximate surface area is 332 Å². The smallest absolute Gasteiger partial charge is 0.338 e. The first kappa shape index (κ1) is 41.6. The van der Waals surface area contributed by atoms with Gasteiger partial charge in [-0.2, -0.15) is 5.06 Å². The fourth-order valence-corrected chi connectivity index (χ4v) is 9.62. The molecule has 0 radical (unpaired) electrons. The van der Waals surface area contributed by atoms with E-state index in [1.807, 2.05) is 105 Å². The summed E-state index contributed by atoms with van der Waals surface area (Å²) in [6.45, 7) is 8.93. The van der Waals surface area contributed by atoms with Crippen molar-refractivity contribution < 1.29 is 34.1 Å². The maximum atomic E-state index is 14.3. The third kappa shape index (κ3) is 8.62. The van der Waals surface area contributed by atoms with Crippen LogP contribution in [0.5, 0.6) is 5.75 Å². The lowest BCUT2D eigenvalue weighted by molar-refractivity contribution is -0.183. The van der Waals surface area contributed by atoms with Crippen molar-refractivity contribution in [1.82, 2.24) is 15.3 Å². The number of fused-ring (bicyclic) bond motifs is 2. The van der Waals surface area contributed by atoms with Gasteiger partial charge in [-0.15, -0.1) is 0 Å². The molecule has 1 unspecified atom stereocenters. The number of ether oxygens (including phenoxy) is 2. The summed E-state index contributed by atoms with van der Waals surface area (Å²) in [7, 11) is 9.38. The molecule has 4 aliphatic rings. The van der Waals surface area contributed by atoms with E-state index in [0.29, 0.717) is 42.0 Å². The van der Waals surface area contributed by atoms with Crippen molar-refractivity contribution in [2.75, 3.05) is 53.4 Å². The van der Waals surface area contributed by atoms with Gasteiger partial charge in [0, 0.05) is 55.8 Å². The summed E-state index contributed by atoms with van der Waals surface area (Å²) in [5.74, 6) is 0.727. The first-order chi connectivity index (χ1) is 26.6. The van der Waals surface area contributed by atoms with E-state index >= 15 is 0 Å². The molecule has 1 amide bonds. The highest BCUT2D eigenvalue weighted by atomic mass is 16.7. The number of carbonyl (C=O) groups excluding carboxylic acids is 2. The molecule has 3 N–H and O–H groups in total. The molecule has 11 heteroatoms. The van der Waals surface area contributed by atoms with E-state index in [1.165, 1.54) is 6.42 Å². The zero-order valence-corrected chi connectivity index (χ0v) is 34.6. The number of carbonyl (C=O) groups is 2. The number of anilines is 1. The SMILES string of the molecule is COc1c(CN2O[C@@H](CO)[C@H]([C@H](C)O)[C@H]2C(=O)N[C@H]2C[C@H]3C[C@H]([C@@H]2C)C3(C)C)cccc1-c1cc(C(=O)OC(Cc2ccccc2)CN(C)C)cc(N(C)C)c1. The van der Waals surface area contributed by atoms with Gasteiger partial charge in [0.25, 0.3) is 0 Å². The van der Waals surface area contributed by atoms with Crippen molar-refractivity contribution >= 4 is 17.6 Å². The van der Waals surface area contributed by atoms with E-state index < -0.39 is 30.1 Å². The maximum Gasteiger partial charge on any atom is 0.338 e. The molecular weight excluding hydrogens is 709 g/mol. The number of aliphatic hydroxyl groups excluding tert-OH is 2. The number of aliphatic hydroxyl groups is 2. The molecule has 0 aromatic heterocycles. The van der Waals surface area contributed by atoms with Crippen LogP contribution < -0.4 is 15.0 Å². The van der Waals surface area contributed by atoms with E-state index in [4.69, 9.17) is 14.3 Å². The van der Waals surface area contributed by atoms with E-state index in [0.717, 1.165) is 34.4 Å². The second-order valence-corrected chi connectivity index (χ2v) is 17.4. The second kappa shape index (κ2) is 17.2. The Hall–Kier alpha value is -4.00. The van der Waals surface area contributed by atoms with Crippen LogP contribution in [0.3, 0.4) is 0 Å². The van der Waals surface area contributed by atoms with Crippen LogP contribution in [0, 0.1) is 29.1 Å². The molecule has 1 heterocycles. The van der Waals surface area contributed by atoms with Gasteiger partial charge >= 0.3 is 5.97 Å². The number of rotatable bonds is 15. The zero-order valence-electron chi connectivity index (χ0n) is 34.6. The summed E-state index contributed by atoms with van der Waals surface area (Å²) in [6.07, 6.45) is 0.678. The first-order valence-electron chi connectivity index (χ1n) is 20.0. The minimum absolute atomic E-state index is 0.0307. The van der Waals surface area contributed by atoms with Gasteiger partial charge in [0.1, 0.15) is 24.0 Å². The van der Waals surface area contributed by atoms with Crippen molar-refractivity contribution in [2.24, 2.45) is 29.1 Å². The number of methoxy groups -OCH3 is 1. The second-order valence-electron chi connectivity index (χ2n) is 17.4. The summed E-state index contributed by atoms with van der Waals surface area (Å²) in [5, 5.41) is 26.3. The standard InChI is InChI=1S/C45H62N4O7/c1-27-37-22-33(45(37,3)4)23-38(27)46-43(52)41-40(28(2)51)39(26-50)56-49(41)24-30-16-13-17-36(42(30)54-9)31-19-32(21-34(20-31)48(7)8)44(53)55-35(25-47(5)6)18-29-14-11-10-12-15-29/h10-17,19-21,27-28,33,35,37-41,50-51H,18,22-26H2,1-9H3,(H,46,52)/t27-,28-,33+,35?,37+,38-,39-,40-,41-/m0/s1. The molecule has 1 aliphatic heterocycles. The quantitative estimate of drug-likeness (QED) is 0.173. The molecule has 9 atom stereocenters. The van der Waals surface area contributed by atoms with Gasteiger partial charge in [-0.1, -0.05) is 69.3 Å². The van der Waals surface area contributed by atoms with Crippen LogP contribution in [0.2, 0.25) is 0 Å². The third-order valence-corrected chi connectivity index (χ3v) is 12.8. The number of hydrogen-bond acceptors (Lipinski definition) is 10. The highest BCUT2D eigenvalue weighted by Gasteiger charge is 2.57. The summed E-state index contributed by atoms with van der Waals surface area (Å²) in [6, 6.07) is 20.7. The lowest BCUT2D eigenvalue weighted by Gasteiger charge is -2.62. The number of amides is 1. The first-order valence-corrected chi connectivity index (χ1v) is 20.0. The molecular formula is C45H62N4O7. The molecule has 4 fully saturated rings. The van der Waals surface area contributed by atoms with E-state index in [-0.39, 0.29) is 36.6 Å². The van der Waals surface area contributed by atoms with Crippen LogP contribution in [-0.4, -0.2) is 111 Å². The van der Waals surface area contributed by atoms with E-state index in [9.17, 15) is 19.8 Å². The molecule has 7 rings (SSSR count). The predicted octanol–water partition coefficient (Wildman–Crippen LogP) is 5.42. The van der Waals surface area contributed by atoms with Gasteiger partial charge in [-0.3, -0.25) is 9.63 Å². The van der Waals surface area contributed by atoms with Crippen LogP contribution >= 0.6 is 0 Å². The average molecular weight is 771 g/mol. The number of nitrogens with zero attached hydrogens (tertiary/aromatic N) is 3. The van der Waals surface area contributed by atoms with Gasteiger partial charge in [0.05, 0.1) is 31.9 Å². The lowest BCUT2D eigenvalue weighted by atomic mass is 9.45. The number of hydrogen-bond donors (Lipinski definition) is 3. The zero-order chi connectivity index (χ0) is 40.5. The third-order valence-electron chi connectivity index (χ3n) is 12.8. The van der Waals surface area contributed by atoms with E-state index in [1.54, 1.807) is 19.1 Å². The maximum absolute atomic E-state index is 14.3. The number of esters is 1. The van der Waals surface area contributed by atoms with Crippen molar-refractivity contribution in [1.29, 1.82) is 0 Å². The summed E-state index contributed by atoms with van der Waals surface area (Å²) in [4.78, 5) is 38.5. The Bertz CT molecular complexity index is 1830. The predicted molar refractivity (Wildman–Crippen MR) is 218 cm³/mol. The monoisotopic (exact) mass is 770 g/mol. The number of para-hydroxylation sites is 1. The van der Waals surface area contributed by atoms with E-state index in [2.05, 4.69) is 26.1 Å². The van der Waals surface area contributed by atoms with Crippen LogP contribution in [0.15, 0.2) is 66.7 Å². The Morgan fingerprint density at radius 2 is 1.77 bits per heavy atom. The van der Waals surface area contributed by atoms with Crippen molar-refractivity contribution in [3.05, 3.63) is 83.4 Å². The Balaban J connectivity index is 1.28. The van der Waals surface area contributed by atoms with Gasteiger partial charge in [-0.25, -0.2) is 4.79 Å². The van der Waals surface area contributed by atoms with Crippen LogP contribution in [0.1, 0.15) is 62.0 Å². The highest BCUT2D eigenvalue weighted by Crippen LogP contribution is 2.61. The molecule has 3 saturated carbocycles. The van der Waals surface area contributed by atoms with Crippen LogP contribution in [0.4, 0.5) is 5.69 Å². The number of hydroxylamine groups is 2. The molecule has 56 heavy (non-hydrogen) atoms. The molecule has 0 spiro atoms. The van der Waals surface area contributed by atoms with Crippen molar-refractivity contribution in [2.45, 2.75) is 83.9 Å². The van der Waals surface area contributed by atoms with Crippen LogP contribution in [0.25, 0.3) is 11.1 Å². The Morgan fingerprint density at radius 3 is 2.38 bits per heavy atom. The average Bonchev–Trinajstić information content (AvgIpc) is 3.53. The number of nitrogens with one attached hydrogen (secondary N) is 1. The number of likely N-dealkylation sites (N-methyl/N-ethyl adjacent to an activating group) is 1. The summed E-state index contributed by atoms with van der Waals surface area (Å²) < 4.78 is 12.3. The molecule has 3 aliphatic carbocycles.